The molecular formula is C12H16N6O. The number of pyridine rings is 1. The Labute approximate surface area is 110 Å². The number of aromatic nitrogens is 3. The molecule has 2 heterocycles. The zero-order chi connectivity index (χ0) is 13.7. The number of carbonyl (C=O) groups excluding carboxylic acids is 1. The lowest BCUT2D eigenvalue weighted by atomic mass is 10.2. The van der Waals surface area contributed by atoms with Gasteiger partial charge >= 0.3 is 0 Å². The van der Waals surface area contributed by atoms with E-state index in [0.717, 1.165) is 0 Å². The molecule has 4 N–H and O–H groups in total. The number of nitrogens with zero attached hydrogens (tertiary/aromatic N) is 3. The van der Waals surface area contributed by atoms with Gasteiger partial charge in [-0.2, -0.15) is 5.10 Å². The predicted molar refractivity (Wildman–Crippen MR) is 71.2 cm³/mol. The second-order valence-corrected chi connectivity index (χ2v) is 4.17. The normalized spacial score (nSPS) is 11.9. The monoisotopic (exact) mass is 260 g/mol. The van der Waals surface area contributed by atoms with Crippen molar-refractivity contribution in [1.29, 1.82) is 0 Å². The Bertz CT molecular complexity index is 539. The largest absolute Gasteiger partial charge is 0.348 e. The zero-order valence-corrected chi connectivity index (χ0v) is 10.6. The van der Waals surface area contributed by atoms with E-state index in [0.29, 0.717) is 17.8 Å². The van der Waals surface area contributed by atoms with Crippen LogP contribution in [0.1, 0.15) is 17.3 Å². The molecule has 2 aromatic heterocycles. The van der Waals surface area contributed by atoms with Crippen LogP contribution in [0.15, 0.2) is 36.9 Å². The van der Waals surface area contributed by atoms with E-state index >= 15 is 0 Å². The van der Waals surface area contributed by atoms with Crippen molar-refractivity contribution in [3.8, 4) is 0 Å². The summed E-state index contributed by atoms with van der Waals surface area (Å²) in [4.78, 5) is 16.0. The van der Waals surface area contributed by atoms with E-state index in [2.05, 4.69) is 20.8 Å². The van der Waals surface area contributed by atoms with Gasteiger partial charge in [-0.05, 0) is 19.1 Å². The van der Waals surface area contributed by atoms with Crippen LogP contribution >= 0.6 is 0 Å². The van der Waals surface area contributed by atoms with Crippen LogP contribution in [0.5, 0.6) is 0 Å². The summed E-state index contributed by atoms with van der Waals surface area (Å²) in [5.74, 6) is 5.15. The number of nitrogens with one attached hydrogen (secondary N) is 2. The molecule has 0 aliphatic rings. The standard InChI is InChI=1S/C12H16N6O/c1-9(8-18-6-2-4-15-18)16-12(19)10-3-5-14-7-11(10)17-13/h2-7,9,17H,8,13H2,1H3,(H,16,19). The van der Waals surface area contributed by atoms with Crippen LogP contribution in [0.2, 0.25) is 0 Å². The molecule has 7 heteroatoms. The molecule has 7 nitrogen and oxygen atoms in total. The molecule has 0 saturated heterocycles. The van der Waals surface area contributed by atoms with Crippen molar-refractivity contribution in [2.45, 2.75) is 19.5 Å². The number of amides is 1. The van der Waals surface area contributed by atoms with Crippen molar-refractivity contribution in [3.63, 3.8) is 0 Å². The molecule has 0 radical (unpaired) electrons. The van der Waals surface area contributed by atoms with E-state index in [1.807, 2.05) is 19.2 Å². The Morgan fingerprint density at radius 3 is 3.05 bits per heavy atom. The maximum atomic E-state index is 12.1. The van der Waals surface area contributed by atoms with Gasteiger partial charge < -0.3 is 10.7 Å². The van der Waals surface area contributed by atoms with Gasteiger partial charge in [-0.1, -0.05) is 0 Å². The van der Waals surface area contributed by atoms with Crippen molar-refractivity contribution >= 4 is 11.6 Å². The molecule has 0 aliphatic carbocycles. The molecule has 19 heavy (non-hydrogen) atoms. The third-order valence-corrected chi connectivity index (χ3v) is 2.62. The number of hydrogen-bond donors (Lipinski definition) is 3. The Morgan fingerprint density at radius 1 is 1.53 bits per heavy atom. The Morgan fingerprint density at radius 2 is 2.37 bits per heavy atom. The minimum atomic E-state index is -0.199. The molecule has 1 atom stereocenters. The first kappa shape index (κ1) is 13.0. The molecule has 100 valence electrons. The number of hydrazine groups is 1. The molecule has 1 unspecified atom stereocenters. The number of nitrogens with two attached hydrogens (primary N) is 1. The van der Waals surface area contributed by atoms with Crippen molar-refractivity contribution in [1.82, 2.24) is 20.1 Å². The van der Waals surface area contributed by atoms with Crippen molar-refractivity contribution in [2.24, 2.45) is 5.84 Å². The first-order valence-corrected chi connectivity index (χ1v) is 5.89. The lowest BCUT2D eigenvalue weighted by Crippen LogP contribution is -2.36. The van der Waals surface area contributed by atoms with Crippen LogP contribution in [-0.2, 0) is 6.54 Å². The van der Waals surface area contributed by atoms with Gasteiger partial charge in [0, 0.05) is 24.6 Å². The summed E-state index contributed by atoms with van der Waals surface area (Å²) < 4.78 is 1.76. The average Bonchev–Trinajstić information content (AvgIpc) is 2.91. The van der Waals surface area contributed by atoms with Gasteiger partial charge in [0.1, 0.15) is 0 Å². The minimum absolute atomic E-state index is 0.0498. The van der Waals surface area contributed by atoms with Gasteiger partial charge in [-0.3, -0.25) is 20.3 Å². The summed E-state index contributed by atoms with van der Waals surface area (Å²) in [7, 11) is 0. The van der Waals surface area contributed by atoms with Gasteiger partial charge in [0.05, 0.1) is 24.0 Å². The van der Waals surface area contributed by atoms with Crippen LogP contribution in [0, 0.1) is 0 Å². The Kier molecular flexibility index (Phi) is 4.09. The minimum Gasteiger partial charge on any atom is -0.348 e. The summed E-state index contributed by atoms with van der Waals surface area (Å²) in [6, 6.07) is 3.41. The fraction of sp³-hybridized carbons (Fsp3) is 0.250. The molecule has 0 fully saturated rings. The SMILES string of the molecule is CC(Cn1cccn1)NC(=O)c1ccncc1NN. The van der Waals surface area contributed by atoms with E-state index in [1.54, 1.807) is 23.1 Å². The fourth-order valence-corrected chi connectivity index (χ4v) is 1.74. The topological polar surface area (TPSA) is 97.9 Å². The highest BCUT2D eigenvalue weighted by Gasteiger charge is 2.13. The molecular weight excluding hydrogens is 244 g/mol. The van der Waals surface area contributed by atoms with Gasteiger partial charge in [-0.25, -0.2) is 0 Å². The molecule has 1 amide bonds. The summed E-state index contributed by atoms with van der Waals surface area (Å²) in [6.45, 7) is 2.52. The molecule has 0 aromatic carbocycles. The predicted octanol–water partition coefficient (Wildman–Crippen LogP) is 0.382. The summed E-state index contributed by atoms with van der Waals surface area (Å²) in [5, 5.41) is 6.98. The first-order valence-electron chi connectivity index (χ1n) is 5.89. The third kappa shape index (κ3) is 3.29. The van der Waals surface area contributed by atoms with Crippen LogP contribution in [-0.4, -0.2) is 26.7 Å². The van der Waals surface area contributed by atoms with Crippen molar-refractivity contribution < 1.29 is 4.79 Å². The summed E-state index contributed by atoms with van der Waals surface area (Å²) in [6.07, 6.45) is 6.61. The maximum Gasteiger partial charge on any atom is 0.253 e. The Hall–Kier alpha value is -2.41. The number of anilines is 1. The van der Waals surface area contributed by atoms with Gasteiger partial charge in [0.15, 0.2) is 0 Å². The fourth-order valence-electron chi connectivity index (χ4n) is 1.74. The van der Waals surface area contributed by atoms with Gasteiger partial charge in [-0.15, -0.1) is 0 Å². The van der Waals surface area contributed by atoms with Crippen LogP contribution in [0.3, 0.4) is 0 Å². The highest BCUT2D eigenvalue weighted by atomic mass is 16.1. The van der Waals surface area contributed by atoms with Crippen LogP contribution in [0.4, 0.5) is 5.69 Å². The quantitative estimate of drug-likeness (QED) is 0.533. The molecule has 2 aromatic rings. The number of nitrogen functional groups attached to an aromatic ring is 1. The summed E-state index contributed by atoms with van der Waals surface area (Å²) >= 11 is 0. The summed E-state index contributed by atoms with van der Waals surface area (Å²) in [5.41, 5.74) is 3.41. The highest BCUT2D eigenvalue weighted by Crippen LogP contribution is 2.11. The molecule has 0 bridgehead atoms. The highest BCUT2D eigenvalue weighted by molar-refractivity contribution is 5.99. The van der Waals surface area contributed by atoms with E-state index in [9.17, 15) is 4.79 Å². The smallest absolute Gasteiger partial charge is 0.253 e. The van der Waals surface area contributed by atoms with Gasteiger partial charge in [0.25, 0.3) is 5.91 Å². The Balaban J connectivity index is 2.00. The maximum absolute atomic E-state index is 12.1. The van der Waals surface area contributed by atoms with Crippen molar-refractivity contribution in [3.05, 3.63) is 42.5 Å². The van der Waals surface area contributed by atoms with E-state index in [1.165, 1.54) is 6.20 Å². The van der Waals surface area contributed by atoms with Crippen LogP contribution in [0.25, 0.3) is 0 Å². The second-order valence-electron chi connectivity index (χ2n) is 4.17. The lowest BCUT2D eigenvalue weighted by Gasteiger charge is -2.15. The molecule has 0 spiro atoms. The van der Waals surface area contributed by atoms with Gasteiger partial charge in [0.2, 0.25) is 0 Å². The van der Waals surface area contributed by atoms with Crippen molar-refractivity contribution in [2.75, 3.05) is 5.43 Å². The molecule has 2 rings (SSSR count). The first-order chi connectivity index (χ1) is 9.20. The molecule has 0 saturated carbocycles. The van der Waals surface area contributed by atoms with E-state index < -0.39 is 0 Å². The third-order valence-electron chi connectivity index (χ3n) is 2.62. The van der Waals surface area contributed by atoms with E-state index in [-0.39, 0.29) is 11.9 Å². The number of carbonyl (C=O) groups is 1. The number of rotatable bonds is 5. The molecule has 0 aliphatic heterocycles. The average molecular weight is 260 g/mol. The lowest BCUT2D eigenvalue weighted by molar-refractivity contribution is 0.0936. The zero-order valence-electron chi connectivity index (χ0n) is 10.6. The number of hydrogen-bond acceptors (Lipinski definition) is 5. The van der Waals surface area contributed by atoms with Crippen LogP contribution < -0.4 is 16.6 Å². The van der Waals surface area contributed by atoms with E-state index in [4.69, 9.17) is 5.84 Å². The second kappa shape index (κ2) is 5.96.